The van der Waals surface area contributed by atoms with Crippen LogP contribution in [0.3, 0.4) is 0 Å². The maximum atomic E-state index is 12.7. The fourth-order valence-electron chi connectivity index (χ4n) is 2.71. The normalized spacial score (nSPS) is 11.4. The van der Waals surface area contributed by atoms with Crippen LogP contribution in [-0.4, -0.2) is 10.9 Å². The number of fused-ring (bicyclic) bond motifs is 1. The standard InChI is InChI=1S/C21H14F3N3OS/c22-21(23,24)14-7-9-16(10-8-14)26-20-27-17-11-6-13(12-18(17)29-20)19(28)25-15-4-2-1-3-5-15/h1-12H,(H,25,28)(H,26,27). The number of aromatic nitrogens is 1. The number of carbonyl (C=O) groups excluding carboxylic acids is 1. The van der Waals surface area contributed by atoms with Crippen molar-refractivity contribution in [3.8, 4) is 0 Å². The van der Waals surface area contributed by atoms with Crippen molar-refractivity contribution in [3.63, 3.8) is 0 Å². The zero-order valence-corrected chi connectivity index (χ0v) is 15.6. The molecule has 0 aliphatic rings. The lowest BCUT2D eigenvalue weighted by Gasteiger charge is -2.07. The van der Waals surface area contributed by atoms with Gasteiger partial charge in [-0.2, -0.15) is 13.2 Å². The Morgan fingerprint density at radius 1 is 0.897 bits per heavy atom. The van der Waals surface area contributed by atoms with Gasteiger partial charge in [0.25, 0.3) is 5.91 Å². The number of alkyl halides is 3. The third kappa shape index (κ3) is 4.38. The highest BCUT2D eigenvalue weighted by Crippen LogP contribution is 2.32. The molecule has 0 saturated heterocycles. The molecule has 0 atom stereocenters. The summed E-state index contributed by atoms with van der Waals surface area (Å²) in [7, 11) is 0. The Hall–Kier alpha value is -3.39. The minimum Gasteiger partial charge on any atom is -0.332 e. The van der Waals surface area contributed by atoms with Gasteiger partial charge in [0.2, 0.25) is 0 Å². The summed E-state index contributed by atoms with van der Waals surface area (Å²) in [6.45, 7) is 0. The lowest BCUT2D eigenvalue weighted by molar-refractivity contribution is -0.137. The van der Waals surface area contributed by atoms with E-state index in [2.05, 4.69) is 15.6 Å². The second-order valence-corrected chi connectivity index (χ2v) is 7.25. The number of halogens is 3. The van der Waals surface area contributed by atoms with Gasteiger partial charge in [-0.05, 0) is 54.6 Å². The Labute approximate surface area is 168 Å². The maximum absolute atomic E-state index is 12.7. The van der Waals surface area contributed by atoms with Crippen LogP contribution in [-0.2, 0) is 6.18 Å². The summed E-state index contributed by atoms with van der Waals surface area (Å²) in [4.78, 5) is 16.9. The number of para-hydroxylation sites is 1. The first-order valence-electron chi connectivity index (χ1n) is 8.60. The van der Waals surface area contributed by atoms with E-state index in [4.69, 9.17) is 0 Å². The smallest absolute Gasteiger partial charge is 0.332 e. The van der Waals surface area contributed by atoms with Gasteiger partial charge >= 0.3 is 6.18 Å². The molecule has 0 fully saturated rings. The highest BCUT2D eigenvalue weighted by atomic mass is 32.1. The van der Waals surface area contributed by atoms with Crippen LogP contribution in [0.4, 0.5) is 29.7 Å². The molecule has 29 heavy (non-hydrogen) atoms. The van der Waals surface area contributed by atoms with Gasteiger partial charge in [-0.1, -0.05) is 29.5 Å². The summed E-state index contributed by atoms with van der Waals surface area (Å²) in [5.41, 5.74) is 1.68. The molecule has 0 aliphatic heterocycles. The summed E-state index contributed by atoms with van der Waals surface area (Å²) in [5.74, 6) is -0.233. The molecule has 8 heteroatoms. The highest BCUT2D eigenvalue weighted by Gasteiger charge is 2.29. The SMILES string of the molecule is O=C(Nc1ccccc1)c1ccc2nc(Nc3ccc(C(F)(F)F)cc3)sc2c1. The molecule has 3 aromatic carbocycles. The van der Waals surface area contributed by atoms with Crippen LogP contribution in [0, 0.1) is 0 Å². The lowest BCUT2D eigenvalue weighted by Crippen LogP contribution is -2.11. The molecule has 1 amide bonds. The van der Waals surface area contributed by atoms with Gasteiger partial charge in [0.05, 0.1) is 15.8 Å². The van der Waals surface area contributed by atoms with Crippen LogP contribution in [0.1, 0.15) is 15.9 Å². The van der Waals surface area contributed by atoms with Gasteiger partial charge in [0, 0.05) is 16.9 Å². The number of carbonyl (C=O) groups is 1. The third-order valence-corrected chi connectivity index (χ3v) is 5.08. The van der Waals surface area contributed by atoms with Crippen molar-refractivity contribution in [1.82, 2.24) is 4.98 Å². The molecular formula is C21H14F3N3OS. The summed E-state index contributed by atoms with van der Waals surface area (Å²) < 4.78 is 38.8. The van der Waals surface area contributed by atoms with E-state index in [1.807, 2.05) is 18.2 Å². The molecule has 0 spiro atoms. The van der Waals surface area contributed by atoms with Crippen molar-refractivity contribution < 1.29 is 18.0 Å². The van der Waals surface area contributed by atoms with E-state index < -0.39 is 11.7 Å². The largest absolute Gasteiger partial charge is 0.416 e. The summed E-state index contributed by atoms with van der Waals surface area (Å²) in [6, 6.07) is 19.0. The third-order valence-electron chi connectivity index (χ3n) is 4.15. The van der Waals surface area contributed by atoms with E-state index in [1.165, 1.54) is 23.5 Å². The molecule has 4 rings (SSSR count). The van der Waals surface area contributed by atoms with Crippen molar-refractivity contribution in [3.05, 3.63) is 83.9 Å². The monoisotopic (exact) mass is 413 g/mol. The van der Waals surface area contributed by atoms with Crippen LogP contribution in [0.15, 0.2) is 72.8 Å². The fourth-order valence-corrected chi connectivity index (χ4v) is 3.64. The Morgan fingerprint density at radius 3 is 2.31 bits per heavy atom. The second-order valence-electron chi connectivity index (χ2n) is 6.22. The summed E-state index contributed by atoms with van der Waals surface area (Å²) >= 11 is 1.32. The second kappa shape index (κ2) is 7.56. The van der Waals surface area contributed by atoms with Crippen molar-refractivity contribution in [1.29, 1.82) is 0 Å². The van der Waals surface area contributed by atoms with E-state index in [1.54, 1.807) is 30.3 Å². The van der Waals surface area contributed by atoms with Gasteiger partial charge in [0.1, 0.15) is 0 Å². The quantitative estimate of drug-likeness (QED) is 0.412. The van der Waals surface area contributed by atoms with Crippen LogP contribution >= 0.6 is 11.3 Å². The number of rotatable bonds is 4. The first kappa shape index (κ1) is 18.9. The van der Waals surface area contributed by atoms with E-state index in [9.17, 15) is 18.0 Å². The number of nitrogens with one attached hydrogen (secondary N) is 2. The van der Waals surface area contributed by atoms with E-state index in [0.29, 0.717) is 27.6 Å². The van der Waals surface area contributed by atoms with Gasteiger partial charge in [-0.3, -0.25) is 4.79 Å². The van der Waals surface area contributed by atoms with Crippen molar-refractivity contribution in [2.45, 2.75) is 6.18 Å². The summed E-state index contributed by atoms with van der Waals surface area (Å²) in [5, 5.41) is 6.35. The predicted molar refractivity (Wildman–Crippen MR) is 109 cm³/mol. The number of benzene rings is 3. The molecule has 0 saturated carbocycles. The molecule has 0 unspecified atom stereocenters. The number of hydrogen-bond donors (Lipinski definition) is 2. The van der Waals surface area contributed by atoms with Crippen LogP contribution in [0.5, 0.6) is 0 Å². The first-order chi connectivity index (χ1) is 13.9. The minimum absolute atomic E-state index is 0.233. The van der Waals surface area contributed by atoms with Crippen molar-refractivity contribution >= 4 is 44.0 Å². The average Bonchev–Trinajstić information content (AvgIpc) is 3.10. The average molecular weight is 413 g/mol. The Morgan fingerprint density at radius 2 is 1.62 bits per heavy atom. The zero-order valence-electron chi connectivity index (χ0n) is 14.8. The van der Waals surface area contributed by atoms with Crippen molar-refractivity contribution in [2.75, 3.05) is 10.6 Å². The predicted octanol–water partition coefficient (Wildman–Crippen LogP) is 6.31. The fraction of sp³-hybridized carbons (Fsp3) is 0.0476. The molecule has 0 aliphatic carbocycles. The number of nitrogens with zero attached hydrogens (tertiary/aromatic N) is 1. The van der Waals surface area contributed by atoms with Gasteiger partial charge < -0.3 is 10.6 Å². The van der Waals surface area contributed by atoms with E-state index in [-0.39, 0.29) is 5.91 Å². The Bertz CT molecular complexity index is 1160. The Balaban J connectivity index is 1.51. The number of anilines is 3. The molecular weight excluding hydrogens is 399 g/mol. The molecule has 0 bridgehead atoms. The minimum atomic E-state index is -4.37. The molecule has 2 N–H and O–H groups in total. The topological polar surface area (TPSA) is 54.0 Å². The molecule has 4 aromatic rings. The zero-order chi connectivity index (χ0) is 20.4. The molecule has 1 aromatic heterocycles. The molecule has 146 valence electrons. The van der Waals surface area contributed by atoms with Gasteiger partial charge in [-0.15, -0.1) is 0 Å². The molecule has 0 radical (unpaired) electrons. The maximum Gasteiger partial charge on any atom is 0.416 e. The van der Waals surface area contributed by atoms with Gasteiger partial charge in [-0.25, -0.2) is 4.98 Å². The summed E-state index contributed by atoms with van der Waals surface area (Å²) in [6.07, 6.45) is -4.37. The lowest BCUT2D eigenvalue weighted by atomic mass is 10.2. The molecule has 4 nitrogen and oxygen atoms in total. The number of thiazole rings is 1. The number of hydrogen-bond acceptors (Lipinski definition) is 4. The Kier molecular flexibility index (Phi) is 4.94. The van der Waals surface area contributed by atoms with Crippen LogP contribution < -0.4 is 10.6 Å². The molecule has 1 heterocycles. The van der Waals surface area contributed by atoms with E-state index >= 15 is 0 Å². The van der Waals surface area contributed by atoms with Crippen LogP contribution in [0.2, 0.25) is 0 Å². The van der Waals surface area contributed by atoms with Crippen molar-refractivity contribution in [2.24, 2.45) is 0 Å². The highest BCUT2D eigenvalue weighted by molar-refractivity contribution is 7.22. The number of amides is 1. The van der Waals surface area contributed by atoms with Gasteiger partial charge in [0.15, 0.2) is 5.13 Å². The van der Waals surface area contributed by atoms with Crippen LogP contribution in [0.25, 0.3) is 10.2 Å². The first-order valence-corrected chi connectivity index (χ1v) is 9.41. The van der Waals surface area contributed by atoms with E-state index in [0.717, 1.165) is 16.8 Å².